The number of halogens is 1. The Morgan fingerprint density at radius 3 is 2.38 bits per heavy atom. The summed E-state index contributed by atoms with van der Waals surface area (Å²) in [6, 6.07) is 15.0. The van der Waals surface area contributed by atoms with Crippen LogP contribution in [0, 0.1) is 6.92 Å². The highest BCUT2D eigenvalue weighted by atomic mass is 79.9. The highest BCUT2D eigenvalue weighted by molar-refractivity contribution is 9.10. The van der Waals surface area contributed by atoms with Crippen LogP contribution < -0.4 is 10.1 Å². The first-order valence-corrected chi connectivity index (χ1v) is 8.07. The van der Waals surface area contributed by atoms with Gasteiger partial charge in [0.1, 0.15) is 5.75 Å². The second-order valence-corrected chi connectivity index (χ2v) is 6.14. The van der Waals surface area contributed by atoms with Crippen molar-refractivity contribution in [2.24, 2.45) is 0 Å². The molecule has 0 bridgehead atoms. The zero-order valence-electron chi connectivity index (χ0n) is 12.8. The molecular formula is C18H22BrNO. The van der Waals surface area contributed by atoms with Gasteiger partial charge in [-0.15, -0.1) is 0 Å². The van der Waals surface area contributed by atoms with Crippen LogP contribution in [0.5, 0.6) is 5.75 Å². The molecule has 0 saturated heterocycles. The second-order valence-electron chi connectivity index (χ2n) is 5.22. The smallest absolute Gasteiger partial charge is 0.118 e. The fourth-order valence-electron chi connectivity index (χ4n) is 2.44. The minimum Gasteiger partial charge on any atom is -0.497 e. The molecule has 1 atom stereocenters. The van der Waals surface area contributed by atoms with Crippen molar-refractivity contribution >= 4 is 15.9 Å². The van der Waals surface area contributed by atoms with Crippen molar-refractivity contribution in [3.05, 3.63) is 63.6 Å². The fourth-order valence-corrected chi connectivity index (χ4v) is 3.07. The number of benzene rings is 2. The minimum atomic E-state index is 0.201. The topological polar surface area (TPSA) is 21.3 Å². The highest BCUT2D eigenvalue weighted by Crippen LogP contribution is 2.27. The van der Waals surface area contributed by atoms with Crippen LogP contribution in [0.4, 0.5) is 0 Å². The minimum absolute atomic E-state index is 0.201. The second kappa shape index (κ2) is 7.62. The third-order valence-electron chi connectivity index (χ3n) is 3.45. The van der Waals surface area contributed by atoms with Crippen molar-refractivity contribution in [3.8, 4) is 5.75 Å². The van der Waals surface area contributed by atoms with Gasteiger partial charge in [0, 0.05) is 4.47 Å². The molecule has 2 aromatic rings. The van der Waals surface area contributed by atoms with E-state index >= 15 is 0 Å². The number of methoxy groups -OCH3 is 1. The number of nitrogens with one attached hydrogen (secondary N) is 1. The molecule has 2 nitrogen and oxygen atoms in total. The molecule has 0 spiro atoms. The van der Waals surface area contributed by atoms with E-state index in [4.69, 9.17) is 4.74 Å². The van der Waals surface area contributed by atoms with E-state index < -0.39 is 0 Å². The van der Waals surface area contributed by atoms with Gasteiger partial charge in [-0.1, -0.05) is 41.1 Å². The number of hydrogen-bond donors (Lipinski definition) is 1. The van der Waals surface area contributed by atoms with Crippen molar-refractivity contribution in [2.75, 3.05) is 13.7 Å². The average molecular weight is 348 g/mol. The standard InChI is InChI=1S/C18H22BrNO/c1-4-9-20-18(14-5-7-17(21-3)8-6-14)15-10-13(2)11-16(19)12-15/h5-8,10-12,18,20H,4,9H2,1-3H3. The zero-order chi connectivity index (χ0) is 15.2. The van der Waals surface area contributed by atoms with E-state index in [0.717, 1.165) is 23.2 Å². The molecule has 0 fully saturated rings. The Labute approximate surface area is 135 Å². The van der Waals surface area contributed by atoms with Crippen LogP contribution in [0.25, 0.3) is 0 Å². The Kier molecular flexibility index (Phi) is 5.83. The average Bonchev–Trinajstić information content (AvgIpc) is 2.47. The van der Waals surface area contributed by atoms with Gasteiger partial charge in [-0.25, -0.2) is 0 Å². The Morgan fingerprint density at radius 1 is 1.10 bits per heavy atom. The third-order valence-corrected chi connectivity index (χ3v) is 3.90. The Bertz CT molecular complexity index is 560. The largest absolute Gasteiger partial charge is 0.497 e. The monoisotopic (exact) mass is 347 g/mol. The van der Waals surface area contributed by atoms with E-state index in [-0.39, 0.29) is 6.04 Å². The first kappa shape index (κ1) is 16.1. The molecule has 0 aromatic heterocycles. The molecule has 0 saturated carbocycles. The van der Waals surface area contributed by atoms with Crippen molar-refractivity contribution < 1.29 is 4.74 Å². The fraction of sp³-hybridized carbons (Fsp3) is 0.333. The van der Waals surface area contributed by atoms with Crippen LogP contribution in [0.1, 0.15) is 36.1 Å². The van der Waals surface area contributed by atoms with Gasteiger partial charge < -0.3 is 10.1 Å². The molecule has 0 aliphatic heterocycles. The molecule has 3 heteroatoms. The maximum Gasteiger partial charge on any atom is 0.118 e. The highest BCUT2D eigenvalue weighted by Gasteiger charge is 2.14. The van der Waals surface area contributed by atoms with Crippen LogP contribution in [0.2, 0.25) is 0 Å². The number of rotatable bonds is 6. The van der Waals surface area contributed by atoms with E-state index in [2.05, 4.69) is 65.4 Å². The summed E-state index contributed by atoms with van der Waals surface area (Å²) in [5, 5.41) is 3.63. The summed E-state index contributed by atoms with van der Waals surface area (Å²) < 4.78 is 6.37. The van der Waals surface area contributed by atoms with Gasteiger partial charge in [0.25, 0.3) is 0 Å². The first-order valence-electron chi connectivity index (χ1n) is 7.28. The SMILES string of the molecule is CCCNC(c1ccc(OC)cc1)c1cc(C)cc(Br)c1. The molecule has 0 radical (unpaired) electrons. The molecule has 2 aromatic carbocycles. The number of hydrogen-bond acceptors (Lipinski definition) is 2. The summed E-state index contributed by atoms with van der Waals surface area (Å²) in [7, 11) is 1.69. The van der Waals surface area contributed by atoms with E-state index in [0.29, 0.717) is 0 Å². The summed E-state index contributed by atoms with van der Waals surface area (Å²) in [6.07, 6.45) is 1.11. The normalized spacial score (nSPS) is 12.2. The quantitative estimate of drug-likeness (QED) is 0.805. The lowest BCUT2D eigenvalue weighted by atomic mass is 9.97. The van der Waals surface area contributed by atoms with Crippen molar-refractivity contribution in [1.29, 1.82) is 0 Å². The predicted octanol–water partition coefficient (Wildman–Crippen LogP) is 4.86. The molecule has 0 aliphatic rings. The van der Waals surface area contributed by atoms with E-state index in [1.807, 2.05) is 12.1 Å². The Morgan fingerprint density at radius 2 is 1.81 bits per heavy atom. The van der Waals surface area contributed by atoms with Crippen LogP contribution in [-0.4, -0.2) is 13.7 Å². The molecule has 2 rings (SSSR count). The first-order chi connectivity index (χ1) is 10.1. The van der Waals surface area contributed by atoms with E-state index in [1.54, 1.807) is 7.11 Å². The molecule has 1 N–H and O–H groups in total. The molecule has 1 unspecified atom stereocenters. The Balaban J connectivity index is 2.36. The summed E-state index contributed by atoms with van der Waals surface area (Å²) in [4.78, 5) is 0. The predicted molar refractivity (Wildman–Crippen MR) is 92.0 cm³/mol. The van der Waals surface area contributed by atoms with Crippen LogP contribution in [-0.2, 0) is 0 Å². The van der Waals surface area contributed by atoms with Gasteiger partial charge in [0.15, 0.2) is 0 Å². The molecule has 0 heterocycles. The van der Waals surface area contributed by atoms with Gasteiger partial charge in [-0.2, -0.15) is 0 Å². The van der Waals surface area contributed by atoms with Crippen molar-refractivity contribution in [1.82, 2.24) is 5.32 Å². The van der Waals surface area contributed by atoms with Gasteiger partial charge in [0.2, 0.25) is 0 Å². The Hall–Kier alpha value is -1.32. The summed E-state index contributed by atoms with van der Waals surface area (Å²) in [6.45, 7) is 5.30. The van der Waals surface area contributed by atoms with E-state index in [1.165, 1.54) is 16.7 Å². The lowest BCUT2D eigenvalue weighted by Crippen LogP contribution is -2.23. The lowest BCUT2D eigenvalue weighted by molar-refractivity contribution is 0.414. The van der Waals surface area contributed by atoms with Crippen molar-refractivity contribution in [3.63, 3.8) is 0 Å². The maximum absolute atomic E-state index is 5.25. The zero-order valence-corrected chi connectivity index (χ0v) is 14.4. The molecule has 112 valence electrons. The van der Waals surface area contributed by atoms with Crippen LogP contribution in [0.15, 0.2) is 46.9 Å². The number of ether oxygens (including phenoxy) is 1. The van der Waals surface area contributed by atoms with Crippen LogP contribution >= 0.6 is 15.9 Å². The molecule has 0 amide bonds. The van der Waals surface area contributed by atoms with Gasteiger partial charge in [0.05, 0.1) is 13.2 Å². The molecule has 0 aliphatic carbocycles. The van der Waals surface area contributed by atoms with Gasteiger partial charge >= 0.3 is 0 Å². The maximum atomic E-state index is 5.25. The molecular weight excluding hydrogens is 326 g/mol. The van der Waals surface area contributed by atoms with E-state index in [9.17, 15) is 0 Å². The van der Waals surface area contributed by atoms with Gasteiger partial charge in [-0.3, -0.25) is 0 Å². The summed E-state index contributed by atoms with van der Waals surface area (Å²) in [5.74, 6) is 0.887. The van der Waals surface area contributed by atoms with Gasteiger partial charge in [-0.05, 0) is 60.8 Å². The third kappa shape index (κ3) is 4.32. The lowest BCUT2D eigenvalue weighted by Gasteiger charge is -2.21. The van der Waals surface area contributed by atoms with Crippen LogP contribution in [0.3, 0.4) is 0 Å². The number of aryl methyl sites for hydroxylation is 1. The van der Waals surface area contributed by atoms with Crippen molar-refractivity contribution in [2.45, 2.75) is 26.3 Å². The summed E-state index contributed by atoms with van der Waals surface area (Å²) >= 11 is 3.60. The molecule has 21 heavy (non-hydrogen) atoms. The summed E-state index contributed by atoms with van der Waals surface area (Å²) in [5.41, 5.74) is 3.79.